The summed E-state index contributed by atoms with van der Waals surface area (Å²) in [6.07, 6.45) is 13.5. The molecule has 2 unspecified atom stereocenters. The lowest BCUT2D eigenvalue weighted by Crippen LogP contribution is -2.29. The van der Waals surface area contributed by atoms with Crippen LogP contribution in [0.4, 0.5) is 4.39 Å². The molecule has 2 aliphatic carbocycles. The molecule has 4 rings (SSSR count). The average molecular weight is 415 g/mol. The summed E-state index contributed by atoms with van der Waals surface area (Å²) in [6, 6.07) is 3.95. The van der Waals surface area contributed by atoms with E-state index in [-0.39, 0.29) is 29.4 Å². The molecule has 0 bridgehead atoms. The zero-order valence-corrected chi connectivity index (χ0v) is 19.1. The molecule has 2 fully saturated rings. The molecule has 0 saturated heterocycles. The highest BCUT2D eigenvalue weighted by molar-refractivity contribution is 5.77. The van der Waals surface area contributed by atoms with Crippen LogP contribution in [0.1, 0.15) is 102 Å². The van der Waals surface area contributed by atoms with E-state index in [4.69, 9.17) is 4.74 Å². The molecule has 1 heterocycles. The van der Waals surface area contributed by atoms with Crippen LogP contribution in [0.3, 0.4) is 0 Å². The van der Waals surface area contributed by atoms with E-state index in [2.05, 4.69) is 13.8 Å². The first-order valence-corrected chi connectivity index (χ1v) is 12.5. The van der Waals surface area contributed by atoms with Gasteiger partial charge >= 0.3 is 5.97 Å². The van der Waals surface area contributed by atoms with Crippen molar-refractivity contribution in [2.75, 3.05) is 0 Å². The molecule has 3 aliphatic rings. The van der Waals surface area contributed by atoms with Crippen molar-refractivity contribution in [3.8, 4) is 5.75 Å². The van der Waals surface area contributed by atoms with Crippen molar-refractivity contribution in [1.29, 1.82) is 0 Å². The summed E-state index contributed by atoms with van der Waals surface area (Å²) in [7, 11) is 0. The molecule has 1 aliphatic heterocycles. The Hall–Kier alpha value is -1.38. The van der Waals surface area contributed by atoms with Crippen LogP contribution in [-0.4, -0.2) is 5.97 Å². The van der Waals surface area contributed by atoms with Crippen LogP contribution in [0.25, 0.3) is 0 Å². The number of fused-ring (bicyclic) bond motifs is 1. The molecular formula is C27H39FO2. The lowest BCUT2D eigenvalue weighted by molar-refractivity contribution is -0.139. The van der Waals surface area contributed by atoms with E-state index in [0.29, 0.717) is 6.42 Å². The summed E-state index contributed by atoms with van der Waals surface area (Å²) >= 11 is 0. The summed E-state index contributed by atoms with van der Waals surface area (Å²) in [5.74, 6) is 3.14. The Labute approximate surface area is 182 Å². The second-order valence-corrected chi connectivity index (χ2v) is 10.5. The number of rotatable bonds is 5. The fraction of sp³-hybridized carbons (Fsp3) is 0.741. The van der Waals surface area contributed by atoms with Gasteiger partial charge in [0.2, 0.25) is 0 Å². The lowest BCUT2D eigenvalue weighted by atomic mass is 9.66. The van der Waals surface area contributed by atoms with Crippen LogP contribution < -0.4 is 4.74 Å². The normalized spacial score (nSPS) is 32.9. The van der Waals surface area contributed by atoms with Gasteiger partial charge in [0.1, 0.15) is 0 Å². The van der Waals surface area contributed by atoms with Crippen LogP contribution >= 0.6 is 0 Å². The van der Waals surface area contributed by atoms with Crippen LogP contribution in [0.2, 0.25) is 0 Å². The summed E-state index contributed by atoms with van der Waals surface area (Å²) in [6.45, 7) is 6.63. The fourth-order valence-electron chi connectivity index (χ4n) is 6.56. The van der Waals surface area contributed by atoms with Crippen LogP contribution in [-0.2, 0) is 11.2 Å². The zero-order valence-electron chi connectivity index (χ0n) is 19.1. The van der Waals surface area contributed by atoms with Gasteiger partial charge in [-0.05, 0) is 85.7 Å². The van der Waals surface area contributed by atoms with Crippen molar-refractivity contribution in [3.05, 3.63) is 29.1 Å². The quantitative estimate of drug-likeness (QED) is 0.370. The largest absolute Gasteiger partial charge is 0.423 e. The molecule has 1 aromatic rings. The molecule has 30 heavy (non-hydrogen) atoms. The van der Waals surface area contributed by atoms with E-state index < -0.39 is 0 Å². The predicted octanol–water partition coefficient (Wildman–Crippen LogP) is 7.44. The first-order valence-electron chi connectivity index (χ1n) is 12.5. The van der Waals surface area contributed by atoms with Gasteiger partial charge in [-0.1, -0.05) is 58.6 Å². The first kappa shape index (κ1) is 21.8. The Morgan fingerprint density at radius 3 is 2.30 bits per heavy atom. The van der Waals surface area contributed by atoms with Crippen molar-refractivity contribution >= 4 is 5.97 Å². The van der Waals surface area contributed by atoms with Crippen molar-refractivity contribution in [2.24, 2.45) is 29.6 Å². The van der Waals surface area contributed by atoms with Crippen LogP contribution in [0.15, 0.2) is 12.1 Å². The van der Waals surface area contributed by atoms with Crippen LogP contribution in [0.5, 0.6) is 5.75 Å². The molecule has 0 N–H and O–H groups in total. The molecule has 0 amide bonds. The Morgan fingerprint density at radius 1 is 1.03 bits per heavy atom. The number of carbonyl (C=O) groups is 1. The first-order chi connectivity index (χ1) is 14.5. The minimum Gasteiger partial charge on any atom is -0.423 e. The Kier molecular flexibility index (Phi) is 6.85. The second kappa shape index (κ2) is 9.40. The molecule has 2 saturated carbocycles. The number of halogens is 1. The van der Waals surface area contributed by atoms with Gasteiger partial charge in [-0.2, -0.15) is 0 Å². The molecule has 166 valence electrons. The van der Waals surface area contributed by atoms with Gasteiger partial charge in [0, 0.05) is 0 Å². The number of benzene rings is 1. The minimum atomic E-state index is -0.301. The van der Waals surface area contributed by atoms with Gasteiger partial charge in [-0.25, -0.2) is 4.39 Å². The zero-order chi connectivity index (χ0) is 21.3. The number of hydrogen-bond donors (Lipinski definition) is 0. The summed E-state index contributed by atoms with van der Waals surface area (Å²) in [4.78, 5) is 11.9. The number of esters is 1. The highest BCUT2D eigenvalue weighted by Crippen LogP contribution is 2.46. The van der Waals surface area contributed by atoms with E-state index in [9.17, 15) is 4.79 Å². The van der Waals surface area contributed by atoms with Crippen LogP contribution in [0, 0.1) is 35.4 Å². The van der Waals surface area contributed by atoms with Gasteiger partial charge in [-0.3, -0.25) is 4.79 Å². The molecule has 0 spiro atoms. The monoisotopic (exact) mass is 414 g/mol. The lowest BCUT2D eigenvalue weighted by Gasteiger charge is -2.39. The maximum atomic E-state index is 15.2. The Balaban J connectivity index is 1.35. The molecule has 2 atom stereocenters. The molecule has 0 radical (unpaired) electrons. The van der Waals surface area contributed by atoms with E-state index >= 15 is 4.39 Å². The summed E-state index contributed by atoms with van der Waals surface area (Å²) in [5.41, 5.74) is 1.60. The van der Waals surface area contributed by atoms with Crippen molar-refractivity contribution < 1.29 is 13.9 Å². The maximum absolute atomic E-state index is 15.2. The van der Waals surface area contributed by atoms with Gasteiger partial charge in [0.25, 0.3) is 0 Å². The molecule has 3 heteroatoms. The summed E-state index contributed by atoms with van der Waals surface area (Å²) in [5, 5.41) is 0. The topological polar surface area (TPSA) is 26.3 Å². The maximum Gasteiger partial charge on any atom is 0.314 e. The van der Waals surface area contributed by atoms with Crippen molar-refractivity contribution in [2.45, 2.75) is 97.3 Å². The molecule has 0 aromatic heterocycles. The molecule has 1 aromatic carbocycles. The smallest absolute Gasteiger partial charge is 0.314 e. The van der Waals surface area contributed by atoms with Gasteiger partial charge in [0.15, 0.2) is 11.6 Å². The Morgan fingerprint density at radius 2 is 1.67 bits per heavy atom. The van der Waals surface area contributed by atoms with Gasteiger partial charge in [0.05, 0.1) is 5.92 Å². The van der Waals surface area contributed by atoms with E-state index in [1.807, 2.05) is 19.1 Å². The van der Waals surface area contributed by atoms with Crippen molar-refractivity contribution in [3.63, 3.8) is 0 Å². The third kappa shape index (κ3) is 4.46. The third-order valence-corrected chi connectivity index (χ3v) is 8.63. The number of hydrogen-bond acceptors (Lipinski definition) is 2. The van der Waals surface area contributed by atoms with Crippen molar-refractivity contribution in [1.82, 2.24) is 0 Å². The van der Waals surface area contributed by atoms with E-state index in [1.54, 1.807) is 0 Å². The highest BCUT2D eigenvalue weighted by Gasteiger charge is 2.35. The fourth-order valence-corrected chi connectivity index (χ4v) is 6.56. The summed E-state index contributed by atoms with van der Waals surface area (Å²) < 4.78 is 20.6. The number of ether oxygens (including phenoxy) is 1. The molecule has 2 nitrogen and oxygen atoms in total. The third-order valence-electron chi connectivity index (χ3n) is 8.63. The van der Waals surface area contributed by atoms with Gasteiger partial charge < -0.3 is 4.74 Å². The highest BCUT2D eigenvalue weighted by atomic mass is 19.1. The minimum absolute atomic E-state index is 0.184. The van der Waals surface area contributed by atoms with E-state index in [0.717, 1.165) is 47.6 Å². The number of carbonyl (C=O) groups excluding carboxylic acids is 1. The molecular weight excluding hydrogens is 375 g/mol. The Bertz CT molecular complexity index is 741. The standard InChI is InChI=1S/C27H39FO2/c1-4-5-19-6-8-20(9-7-19)18(3)21-10-12-22(13-11-21)24-15-14-23-16-17(2)27(29)30-26(23)25(24)28/h14-15,17-22H,4-13,16H2,1-3H3. The second-order valence-electron chi connectivity index (χ2n) is 10.5. The van der Waals surface area contributed by atoms with E-state index in [1.165, 1.54) is 51.4 Å². The predicted molar refractivity (Wildman–Crippen MR) is 119 cm³/mol. The average Bonchev–Trinajstić information content (AvgIpc) is 2.76. The van der Waals surface area contributed by atoms with Gasteiger partial charge in [-0.15, -0.1) is 0 Å². The SMILES string of the molecule is CCCC1CCC(C(C)C2CCC(c3ccc4c(c3F)OC(=O)C(C)C4)CC2)CC1.